The maximum absolute atomic E-state index is 8.67. The van der Waals surface area contributed by atoms with Crippen LogP contribution in [0.4, 0.5) is 0 Å². The van der Waals surface area contributed by atoms with Crippen molar-refractivity contribution >= 4 is 29.3 Å². The molecule has 1 aromatic rings. The highest BCUT2D eigenvalue weighted by atomic mass is 32.2. The van der Waals surface area contributed by atoms with E-state index in [9.17, 15) is 0 Å². The van der Waals surface area contributed by atoms with Gasteiger partial charge in [0.25, 0.3) is 0 Å². The smallest absolute Gasteiger partial charge is 0.0753 e. The molecule has 102 valence electrons. The average molecular weight is 286 g/mol. The van der Waals surface area contributed by atoms with Gasteiger partial charge in [-0.2, -0.15) is 0 Å². The lowest BCUT2D eigenvalue weighted by Crippen LogP contribution is -2.25. The van der Waals surface area contributed by atoms with Crippen LogP contribution < -0.4 is 0 Å². The molecule has 0 radical (unpaired) electrons. The molecule has 0 saturated carbocycles. The van der Waals surface area contributed by atoms with Gasteiger partial charge in [0.15, 0.2) is 0 Å². The summed E-state index contributed by atoms with van der Waals surface area (Å²) in [5, 5.41) is 11.8. The van der Waals surface area contributed by atoms with Crippen LogP contribution in [0.3, 0.4) is 0 Å². The van der Waals surface area contributed by atoms with E-state index in [4.69, 9.17) is 5.21 Å². The lowest BCUT2D eigenvalue weighted by Gasteiger charge is -2.16. The van der Waals surface area contributed by atoms with Crippen LogP contribution >= 0.6 is 23.1 Å². The van der Waals surface area contributed by atoms with Crippen molar-refractivity contribution in [1.82, 2.24) is 4.90 Å². The molecule has 0 saturated heterocycles. The van der Waals surface area contributed by atoms with E-state index in [-0.39, 0.29) is 0 Å². The first-order valence-electron chi connectivity index (χ1n) is 6.40. The minimum absolute atomic E-state index is 1.04. The Morgan fingerprint density at radius 2 is 2.11 bits per heavy atom. The third kappa shape index (κ3) is 4.63. The number of hydrogen-bond donors (Lipinski definition) is 1. The molecule has 3 nitrogen and oxygen atoms in total. The van der Waals surface area contributed by atoms with Gasteiger partial charge in [-0.15, -0.1) is 23.1 Å². The number of thioether (sulfide) groups is 1. The van der Waals surface area contributed by atoms with Crippen LogP contribution in [0.15, 0.2) is 15.4 Å². The first-order valence-corrected chi connectivity index (χ1v) is 8.20. The summed E-state index contributed by atoms with van der Waals surface area (Å²) < 4.78 is 1.25. The van der Waals surface area contributed by atoms with Gasteiger partial charge in [0, 0.05) is 17.0 Å². The molecule has 0 bridgehead atoms. The van der Waals surface area contributed by atoms with Crippen LogP contribution in [-0.4, -0.2) is 41.7 Å². The predicted octanol–water partition coefficient (Wildman–Crippen LogP) is 3.55. The molecule has 0 aromatic carbocycles. The standard InChI is InChI=1S/C13H22N2OS2/c1-4-15(5-2)8-7-12-9-11(10-14-16)13(18-12)17-6-3/h9-10,16H,4-8H2,1-3H3. The summed E-state index contributed by atoms with van der Waals surface area (Å²) in [4.78, 5) is 3.79. The van der Waals surface area contributed by atoms with Crippen molar-refractivity contribution in [1.29, 1.82) is 0 Å². The Kier molecular flexibility index (Phi) is 7.39. The van der Waals surface area contributed by atoms with Gasteiger partial charge in [0.2, 0.25) is 0 Å². The third-order valence-electron chi connectivity index (χ3n) is 2.82. The van der Waals surface area contributed by atoms with E-state index in [0.29, 0.717) is 0 Å². The number of thiophene rings is 1. The van der Waals surface area contributed by atoms with Gasteiger partial charge >= 0.3 is 0 Å². The zero-order chi connectivity index (χ0) is 13.4. The number of oxime groups is 1. The molecule has 0 atom stereocenters. The van der Waals surface area contributed by atoms with Gasteiger partial charge in [-0.1, -0.05) is 25.9 Å². The number of likely N-dealkylation sites (N-methyl/N-ethyl adjacent to an activating group) is 1. The summed E-state index contributed by atoms with van der Waals surface area (Å²) in [6, 6.07) is 2.14. The van der Waals surface area contributed by atoms with Gasteiger partial charge in [-0.25, -0.2) is 0 Å². The summed E-state index contributed by atoms with van der Waals surface area (Å²) in [5.74, 6) is 1.04. The van der Waals surface area contributed by atoms with E-state index >= 15 is 0 Å². The first kappa shape index (κ1) is 15.5. The zero-order valence-corrected chi connectivity index (χ0v) is 13.0. The van der Waals surface area contributed by atoms with Crippen LogP contribution in [0, 0.1) is 0 Å². The van der Waals surface area contributed by atoms with E-state index in [1.54, 1.807) is 0 Å². The van der Waals surface area contributed by atoms with E-state index in [0.717, 1.165) is 37.4 Å². The van der Waals surface area contributed by atoms with Crippen LogP contribution in [0.25, 0.3) is 0 Å². The molecule has 1 rings (SSSR count). The minimum Gasteiger partial charge on any atom is -0.411 e. The Labute approximate surface area is 118 Å². The van der Waals surface area contributed by atoms with Crippen LogP contribution in [0.5, 0.6) is 0 Å². The van der Waals surface area contributed by atoms with Gasteiger partial charge in [-0.3, -0.25) is 0 Å². The van der Waals surface area contributed by atoms with E-state index < -0.39 is 0 Å². The molecule has 0 unspecified atom stereocenters. The second kappa shape index (κ2) is 8.56. The fraction of sp³-hybridized carbons (Fsp3) is 0.615. The number of nitrogens with zero attached hydrogens (tertiary/aromatic N) is 2. The van der Waals surface area contributed by atoms with Gasteiger partial charge in [0.1, 0.15) is 0 Å². The minimum atomic E-state index is 1.04. The molecule has 1 aromatic heterocycles. The third-order valence-corrected chi connectivity index (χ3v) is 5.21. The lowest BCUT2D eigenvalue weighted by molar-refractivity contribution is 0.308. The Hall–Kier alpha value is -0.520. The van der Waals surface area contributed by atoms with Crippen LogP contribution in [0.2, 0.25) is 0 Å². The predicted molar refractivity (Wildman–Crippen MR) is 81.6 cm³/mol. The fourth-order valence-corrected chi connectivity index (χ4v) is 4.06. The van der Waals surface area contributed by atoms with Crippen LogP contribution in [-0.2, 0) is 6.42 Å². The summed E-state index contributed by atoms with van der Waals surface area (Å²) in [5.41, 5.74) is 1.05. The second-order valence-electron chi connectivity index (χ2n) is 3.91. The average Bonchev–Trinajstić information content (AvgIpc) is 2.74. The molecule has 0 amide bonds. The molecule has 1 N–H and O–H groups in total. The van der Waals surface area contributed by atoms with E-state index in [2.05, 4.69) is 36.9 Å². The van der Waals surface area contributed by atoms with Gasteiger partial charge in [-0.05, 0) is 31.3 Å². The summed E-state index contributed by atoms with van der Waals surface area (Å²) in [7, 11) is 0. The molecular weight excluding hydrogens is 264 g/mol. The Bertz CT molecular complexity index is 373. The lowest BCUT2D eigenvalue weighted by atomic mass is 10.2. The maximum atomic E-state index is 8.67. The van der Waals surface area contributed by atoms with Crippen molar-refractivity contribution < 1.29 is 5.21 Å². The van der Waals surface area contributed by atoms with Crippen molar-refractivity contribution in [2.24, 2.45) is 5.16 Å². The molecule has 0 spiro atoms. The Morgan fingerprint density at radius 3 is 2.67 bits per heavy atom. The maximum Gasteiger partial charge on any atom is 0.0753 e. The van der Waals surface area contributed by atoms with Crippen LogP contribution in [0.1, 0.15) is 31.2 Å². The molecule has 0 aliphatic rings. The largest absolute Gasteiger partial charge is 0.411 e. The first-order chi connectivity index (χ1) is 8.74. The molecule has 18 heavy (non-hydrogen) atoms. The van der Waals surface area contributed by atoms with E-state index in [1.165, 1.54) is 15.3 Å². The Morgan fingerprint density at radius 1 is 1.39 bits per heavy atom. The summed E-state index contributed by atoms with van der Waals surface area (Å²) >= 11 is 3.63. The van der Waals surface area contributed by atoms with Crippen molar-refractivity contribution in [2.75, 3.05) is 25.4 Å². The van der Waals surface area contributed by atoms with Crippen molar-refractivity contribution in [2.45, 2.75) is 31.4 Å². The molecule has 5 heteroatoms. The highest BCUT2D eigenvalue weighted by Gasteiger charge is 2.09. The second-order valence-corrected chi connectivity index (χ2v) is 6.58. The Balaban J connectivity index is 2.68. The van der Waals surface area contributed by atoms with Crippen molar-refractivity contribution in [3.8, 4) is 0 Å². The number of rotatable bonds is 8. The fourth-order valence-electron chi connectivity index (χ4n) is 1.77. The summed E-state index contributed by atoms with van der Waals surface area (Å²) in [6.07, 6.45) is 2.61. The topological polar surface area (TPSA) is 35.8 Å². The number of hydrogen-bond acceptors (Lipinski definition) is 5. The van der Waals surface area contributed by atoms with Crippen molar-refractivity contribution in [3.05, 3.63) is 16.5 Å². The SMILES string of the molecule is CCSc1sc(CCN(CC)CC)cc1C=NO. The molecule has 0 aliphatic heterocycles. The van der Waals surface area contributed by atoms with Crippen molar-refractivity contribution in [3.63, 3.8) is 0 Å². The van der Waals surface area contributed by atoms with E-state index in [1.807, 2.05) is 23.1 Å². The molecule has 0 aliphatic carbocycles. The quantitative estimate of drug-likeness (QED) is 0.343. The monoisotopic (exact) mass is 286 g/mol. The molecule has 1 heterocycles. The normalized spacial score (nSPS) is 11.8. The highest BCUT2D eigenvalue weighted by Crippen LogP contribution is 2.31. The molecular formula is C13H22N2OS2. The van der Waals surface area contributed by atoms with Gasteiger partial charge in [0.05, 0.1) is 10.4 Å². The van der Waals surface area contributed by atoms with Gasteiger partial charge < -0.3 is 10.1 Å². The zero-order valence-electron chi connectivity index (χ0n) is 11.3. The highest BCUT2D eigenvalue weighted by molar-refractivity contribution is 8.01. The summed E-state index contributed by atoms with van der Waals surface area (Å²) in [6.45, 7) is 9.83. The molecule has 0 fully saturated rings.